The summed E-state index contributed by atoms with van der Waals surface area (Å²) in [5.74, 6) is 6.80. The van der Waals surface area contributed by atoms with Gasteiger partial charge in [0.2, 0.25) is 5.88 Å². The van der Waals surface area contributed by atoms with Gasteiger partial charge in [0.05, 0.1) is 29.3 Å². The Morgan fingerprint density at radius 1 is 1.11 bits per heavy atom. The number of aliphatic hydroxyl groups is 1. The van der Waals surface area contributed by atoms with E-state index in [2.05, 4.69) is 16.7 Å². The Kier molecular flexibility index (Phi) is 8.56. The van der Waals surface area contributed by atoms with Crippen LogP contribution in [0.5, 0.6) is 0 Å². The average Bonchev–Trinajstić information content (AvgIpc) is 3.22. The summed E-state index contributed by atoms with van der Waals surface area (Å²) in [4.78, 5) is 4.80. The van der Waals surface area contributed by atoms with Gasteiger partial charge in [-0.2, -0.15) is 0 Å². The Bertz CT molecular complexity index is 1360. The highest BCUT2D eigenvalue weighted by atomic mass is 16.5. The van der Waals surface area contributed by atoms with Gasteiger partial charge in [-0.1, -0.05) is 48.5 Å². The lowest BCUT2D eigenvalue weighted by Crippen LogP contribution is -2.27. The van der Waals surface area contributed by atoms with Crippen LogP contribution in [0.1, 0.15) is 37.8 Å². The van der Waals surface area contributed by atoms with E-state index in [1.165, 1.54) is 12.1 Å². The molecule has 2 aromatic carbocycles. The molecule has 8 heteroatoms. The second-order valence-corrected chi connectivity index (χ2v) is 10.2. The molecule has 5 N–H and O–H groups in total. The molecular weight excluding hydrogens is 478 g/mol. The first kappa shape index (κ1) is 27.4. The van der Waals surface area contributed by atoms with Gasteiger partial charge in [0.1, 0.15) is 5.70 Å². The summed E-state index contributed by atoms with van der Waals surface area (Å²) in [6, 6.07) is 20.2. The van der Waals surface area contributed by atoms with Crippen molar-refractivity contribution in [1.29, 1.82) is 0 Å². The van der Waals surface area contributed by atoms with Crippen LogP contribution in [0.15, 0.2) is 72.7 Å². The minimum Gasteiger partial charge on any atom is -0.481 e. The molecule has 5 rings (SSSR count). The third-order valence-electron chi connectivity index (χ3n) is 6.94. The van der Waals surface area contributed by atoms with E-state index in [0.29, 0.717) is 11.6 Å². The second-order valence-electron chi connectivity index (χ2n) is 10.2. The lowest BCUT2D eigenvalue weighted by molar-refractivity contribution is 0.0619. The molecule has 0 unspecified atom stereocenters. The highest BCUT2D eigenvalue weighted by Crippen LogP contribution is 2.34. The molecule has 0 bridgehead atoms. The highest BCUT2D eigenvalue weighted by molar-refractivity contribution is 6.06. The predicted octanol–water partition coefficient (Wildman–Crippen LogP) is 4.57. The molecule has 1 aliphatic rings. The van der Waals surface area contributed by atoms with E-state index in [1.54, 1.807) is 27.1 Å². The maximum absolute atomic E-state index is 10.6. The number of benzene rings is 2. The number of rotatable bonds is 6. The SMILES string of the molecule is CO/C(N)=C(\c1cnc2c3ccc(C(C)(C)O)cc3n(CC3CCOCC3)c2c1)N(C)N.c1ccccc1. The molecule has 4 aromatic rings. The maximum Gasteiger partial charge on any atom is 0.210 e. The van der Waals surface area contributed by atoms with Gasteiger partial charge in [0.15, 0.2) is 0 Å². The molecule has 0 radical (unpaired) electrons. The molecule has 8 nitrogen and oxygen atoms in total. The van der Waals surface area contributed by atoms with Crippen molar-refractivity contribution in [3.63, 3.8) is 0 Å². The maximum atomic E-state index is 10.6. The van der Waals surface area contributed by atoms with E-state index in [-0.39, 0.29) is 5.88 Å². The lowest BCUT2D eigenvalue weighted by Gasteiger charge is -2.24. The molecule has 0 saturated carbocycles. The summed E-state index contributed by atoms with van der Waals surface area (Å²) in [6.07, 6.45) is 3.81. The molecule has 1 saturated heterocycles. The molecule has 0 amide bonds. The average molecular weight is 518 g/mol. The number of fused-ring (bicyclic) bond motifs is 3. The van der Waals surface area contributed by atoms with Gasteiger partial charge in [-0.05, 0) is 50.3 Å². The third kappa shape index (κ3) is 6.10. The van der Waals surface area contributed by atoms with Crippen LogP contribution in [0.25, 0.3) is 27.6 Å². The summed E-state index contributed by atoms with van der Waals surface area (Å²) < 4.78 is 13.1. The van der Waals surface area contributed by atoms with Crippen molar-refractivity contribution in [2.75, 3.05) is 27.4 Å². The number of aromatic nitrogens is 2. The monoisotopic (exact) mass is 517 g/mol. The first-order valence-electron chi connectivity index (χ1n) is 13.0. The van der Waals surface area contributed by atoms with Gasteiger partial charge in [0, 0.05) is 44.0 Å². The predicted molar refractivity (Wildman–Crippen MR) is 153 cm³/mol. The van der Waals surface area contributed by atoms with Crippen molar-refractivity contribution in [3.8, 4) is 0 Å². The number of nitrogens with zero attached hydrogens (tertiary/aromatic N) is 3. The molecule has 3 heterocycles. The van der Waals surface area contributed by atoms with Gasteiger partial charge in [-0.3, -0.25) is 4.98 Å². The number of hydrogen-bond donors (Lipinski definition) is 3. The Hall–Kier alpha value is -3.59. The van der Waals surface area contributed by atoms with Crippen LogP contribution in [0.4, 0.5) is 0 Å². The molecule has 0 atom stereocenters. The van der Waals surface area contributed by atoms with E-state index in [1.807, 2.05) is 48.5 Å². The van der Waals surface area contributed by atoms with Crippen molar-refractivity contribution in [1.82, 2.24) is 14.6 Å². The van der Waals surface area contributed by atoms with Crippen molar-refractivity contribution in [2.24, 2.45) is 17.5 Å². The molecule has 38 heavy (non-hydrogen) atoms. The quantitative estimate of drug-likeness (QED) is 0.195. The number of methoxy groups -OCH3 is 1. The van der Waals surface area contributed by atoms with Crippen molar-refractivity contribution in [2.45, 2.75) is 38.8 Å². The molecule has 0 aliphatic carbocycles. The van der Waals surface area contributed by atoms with E-state index in [4.69, 9.17) is 26.0 Å². The zero-order valence-electron chi connectivity index (χ0n) is 22.7. The van der Waals surface area contributed by atoms with Crippen LogP contribution in [-0.2, 0) is 21.6 Å². The zero-order chi connectivity index (χ0) is 27.3. The molecule has 1 fully saturated rings. The number of hydrogen-bond acceptors (Lipinski definition) is 7. The van der Waals surface area contributed by atoms with Crippen molar-refractivity contribution < 1.29 is 14.6 Å². The van der Waals surface area contributed by atoms with Crippen LogP contribution < -0.4 is 11.6 Å². The minimum atomic E-state index is -0.933. The van der Waals surface area contributed by atoms with Crippen molar-refractivity contribution >= 4 is 27.6 Å². The van der Waals surface area contributed by atoms with Gasteiger partial charge in [-0.15, -0.1) is 0 Å². The summed E-state index contributed by atoms with van der Waals surface area (Å²) in [6.45, 7) is 6.03. The lowest BCUT2D eigenvalue weighted by atomic mass is 9.97. The number of ether oxygens (including phenoxy) is 2. The number of pyridine rings is 1. The van der Waals surface area contributed by atoms with Crippen LogP contribution in [-0.4, -0.2) is 47.0 Å². The fourth-order valence-electron chi connectivity index (χ4n) is 4.85. The third-order valence-corrected chi connectivity index (χ3v) is 6.94. The Morgan fingerprint density at radius 3 is 2.29 bits per heavy atom. The van der Waals surface area contributed by atoms with E-state index < -0.39 is 5.60 Å². The standard InChI is InChI=1S/C24H33N5O3.C6H6/c1-24(2,30)17-5-6-18-19(12-17)29(14-15-7-9-32-10-8-15)20-11-16(13-27-21(18)20)22(28(3)26)23(25)31-4;1-2-4-6-5-3-1/h5-6,11-13,15,30H,7-10,14,25-26H2,1-4H3;1-6H/b23-22+;. The van der Waals surface area contributed by atoms with Gasteiger partial charge < -0.3 is 29.9 Å². The Labute approximate surface area is 224 Å². The molecule has 202 valence electrons. The van der Waals surface area contributed by atoms with Gasteiger partial charge in [-0.25, -0.2) is 5.84 Å². The fraction of sp³-hybridized carbons (Fsp3) is 0.367. The first-order valence-corrected chi connectivity index (χ1v) is 13.0. The first-order chi connectivity index (χ1) is 18.2. The molecule has 2 aromatic heterocycles. The van der Waals surface area contributed by atoms with Crippen LogP contribution >= 0.6 is 0 Å². The minimum absolute atomic E-state index is 0.229. The molecule has 0 spiro atoms. The summed E-state index contributed by atoms with van der Waals surface area (Å²) in [5, 5.41) is 13.1. The number of nitrogens with two attached hydrogens (primary N) is 2. The largest absolute Gasteiger partial charge is 0.481 e. The highest BCUT2D eigenvalue weighted by Gasteiger charge is 2.23. The van der Waals surface area contributed by atoms with Crippen molar-refractivity contribution in [3.05, 3.63) is 83.9 Å². The summed E-state index contributed by atoms with van der Waals surface area (Å²) in [5.41, 5.74) is 10.3. The normalized spacial score (nSPS) is 15.1. The topological polar surface area (TPSA) is 112 Å². The fourth-order valence-corrected chi connectivity index (χ4v) is 4.85. The zero-order valence-corrected chi connectivity index (χ0v) is 22.7. The van der Waals surface area contributed by atoms with E-state index >= 15 is 0 Å². The number of hydrazine groups is 1. The van der Waals surface area contributed by atoms with Crippen LogP contribution in [0.3, 0.4) is 0 Å². The Balaban J connectivity index is 0.000000494. The smallest absolute Gasteiger partial charge is 0.210 e. The summed E-state index contributed by atoms with van der Waals surface area (Å²) in [7, 11) is 3.24. The summed E-state index contributed by atoms with van der Waals surface area (Å²) >= 11 is 0. The van der Waals surface area contributed by atoms with E-state index in [9.17, 15) is 5.11 Å². The Morgan fingerprint density at radius 2 is 1.74 bits per heavy atom. The van der Waals surface area contributed by atoms with Gasteiger partial charge in [0.25, 0.3) is 0 Å². The molecular formula is C30H39N5O3. The van der Waals surface area contributed by atoms with Crippen LogP contribution in [0, 0.1) is 5.92 Å². The molecule has 1 aliphatic heterocycles. The van der Waals surface area contributed by atoms with Crippen LogP contribution in [0.2, 0.25) is 0 Å². The second kappa shape index (κ2) is 11.9. The van der Waals surface area contributed by atoms with Gasteiger partial charge >= 0.3 is 0 Å². The van der Waals surface area contributed by atoms with E-state index in [0.717, 1.165) is 65.7 Å².